The van der Waals surface area contributed by atoms with E-state index in [1.807, 2.05) is 0 Å². The summed E-state index contributed by atoms with van der Waals surface area (Å²) >= 11 is 0. The normalized spacial score (nSPS) is 42.0. The van der Waals surface area contributed by atoms with Crippen molar-refractivity contribution >= 4 is 5.96 Å². The first-order chi connectivity index (χ1) is 8.31. The highest BCUT2D eigenvalue weighted by Gasteiger charge is 2.57. The first-order valence-electron chi connectivity index (χ1n) is 7.15. The van der Waals surface area contributed by atoms with Crippen molar-refractivity contribution < 1.29 is 0 Å². The van der Waals surface area contributed by atoms with Gasteiger partial charge in [-0.05, 0) is 38.6 Å². The molecule has 3 heterocycles. The van der Waals surface area contributed by atoms with E-state index in [9.17, 15) is 0 Å². The first kappa shape index (κ1) is 10.2. The Morgan fingerprint density at radius 1 is 1.18 bits per heavy atom. The van der Waals surface area contributed by atoms with E-state index < -0.39 is 0 Å². The van der Waals surface area contributed by atoms with Crippen molar-refractivity contribution in [3.8, 4) is 0 Å². The molecule has 3 fully saturated rings. The Morgan fingerprint density at radius 2 is 2.06 bits per heavy atom. The summed E-state index contributed by atoms with van der Waals surface area (Å²) in [6.45, 7) is 3.51. The average molecular weight is 234 g/mol. The second-order valence-electron chi connectivity index (χ2n) is 6.18. The van der Waals surface area contributed by atoms with Gasteiger partial charge in [-0.15, -0.1) is 0 Å². The smallest absolute Gasteiger partial charge is 0.192 e. The van der Waals surface area contributed by atoms with Gasteiger partial charge in [-0.1, -0.05) is 6.42 Å². The Labute approximate surface area is 103 Å². The topological polar surface area (TPSA) is 44.9 Å². The number of rotatable bonds is 1. The molecule has 1 saturated carbocycles. The summed E-state index contributed by atoms with van der Waals surface area (Å²) < 4.78 is 0. The van der Waals surface area contributed by atoms with Crippen LogP contribution in [0.15, 0.2) is 4.99 Å². The highest BCUT2D eigenvalue weighted by molar-refractivity contribution is 5.82. The van der Waals surface area contributed by atoms with Gasteiger partial charge in [-0.2, -0.15) is 0 Å². The van der Waals surface area contributed by atoms with Crippen LogP contribution in [0.3, 0.4) is 0 Å². The molecule has 17 heavy (non-hydrogen) atoms. The number of nitrogens with zero attached hydrogens (tertiary/aromatic N) is 3. The molecule has 2 saturated heterocycles. The summed E-state index contributed by atoms with van der Waals surface area (Å²) in [6, 6.07) is 1.43. The fourth-order valence-electron chi connectivity index (χ4n) is 4.32. The zero-order valence-corrected chi connectivity index (χ0v) is 10.4. The van der Waals surface area contributed by atoms with E-state index in [0.29, 0.717) is 6.04 Å². The van der Waals surface area contributed by atoms with E-state index in [0.717, 1.165) is 18.5 Å². The minimum atomic E-state index is 0.283. The Kier molecular flexibility index (Phi) is 2.02. The van der Waals surface area contributed by atoms with Crippen molar-refractivity contribution in [1.82, 2.24) is 9.80 Å². The maximum atomic E-state index is 6.15. The quantitative estimate of drug-likeness (QED) is 0.729. The first-order valence-corrected chi connectivity index (χ1v) is 7.15. The minimum Gasteiger partial charge on any atom is -0.370 e. The molecule has 4 aliphatic rings. The number of nitrogens with two attached hydrogens (primary N) is 1. The van der Waals surface area contributed by atoms with Gasteiger partial charge < -0.3 is 10.6 Å². The number of aliphatic imine (C=N–C) groups is 1. The maximum Gasteiger partial charge on any atom is 0.192 e. The van der Waals surface area contributed by atoms with E-state index in [4.69, 9.17) is 5.73 Å². The van der Waals surface area contributed by atoms with Crippen LogP contribution in [0.1, 0.15) is 38.5 Å². The van der Waals surface area contributed by atoms with Crippen LogP contribution in [0.25, 0.3) is 0 Å². The summed E-state index contributed by atoms with van der Waals surface area (Å²) in [4.78, 5) is 9.82. The fraction of sp³-hybridized carbons (Fsp3) is 0.923. The molecule has 0 aromatic heterocycles. The number of guanidine groups is 1. The van der Waals surface area contributed by atoms with Gasteiger partial charge in [0.25, 0.3) is 0 Å². The lowest BCUT2D eigenvalue weighted by atomic mass is 9.84. The van der Waals surface area contributed by atoms with Gasteiger partial charge in [-0.25, -0.2) is 0 Å². The predicted molar refractivity (Wildman–Crippen MR) is 67.9 cm³/mol. The summed E-state index contributed by atoms with van der Waals surface area (Å²) in [7, 11) is 0. The van der Waals surface area contributed by atoms with Crippen LogP contribution < -0.4 is 5.73 Å². The van der Waals surface area contributed by atoms with Gasteiger partial charge in [0.2, 0.25) is 0 Å². The number of piperidine rings is 1. The van der Waals surface area contributed by atoms with Crippen molar-refractivity contribution in [2.24, 2.45) is 10.7 Å². The van der Waals surface area contributed by atoms with E-state index in [1.54, 1.807) is 0 Å². The fourth-order valence-corrected chi connectivity index (χ4v) is 4.32. The number of fused-ring (bicyclic) bond motifs is 2. The van der Waals surface area contributed by atoms with Crippen molar-refractivity contribution in [2.75, 3.05) is 19.6 Å². The Balaban J connectivity index is 1.67. The Morgan fingerprint density at radius 3 is 2.88 bits per heavy atom. The van der Waals surface area contributed by atoms with Gasteiger partial charge in [0.1, 0.15) is 0 Å². The summed E-state index contributed by atoms with van der Waals surface area (Å²) in [5, 5.41) is 0. The average Bonchev–Trinajstić information content (AvgIpc) is 3.04. The van der Waals surface area contributed by atoms with Crippen molar-refractivity contribution in [3.05, 3.63) is 0 Å². The molecule has 1 spiro atoms. The van der Waals surface area contributed by atoms with Gasteiger partial charge in [0, 0.05) is 18.6 Å². The largest absolute Gasteiger partial charge is 0.370 e. The molecule has 4 heteroatoms. The molecule has 0 aromatic rings. The third kappa shape index (κ3) is 1.30. The van der Waals surface area contributed by atoms with E-state index in [2.05, 4.69) is 14.8 Å². The van der Waals surface area contributed by atoms with Crippen LogP contribution in [0.2, 0.25) is 0 Å². The second-order valence-corrected chi connectivity index (χ2v) is 6.18. The Bertz CT molecular complexity index is 362. The molecule has 94 valence electrons. The van der Waals surface area contributed by atoms with Gasteiger partial charge in [0.05, 0.1) is 12.1 Å². The molecule has 0 radical (unpaired) electrons. The lowest BCUT2D eigenvalue weighted by Crippen LogP contribution is -2.60. The highest BCUT2D eigenvalue weighted by Crippen LogP contribution is 2.46. The highest BCUT2D eigenvalue weighted by atomic mass is 15.4. The number of hydrogen-bond donors (Lipinski definition) is 1. The van der Waals surface area contributed by atoms with Crippen molar-refractivity contribution in [1.29, 1.82) is 0 Å². The SMILES string of the molecule is NC1=NCC2(CCN3CCCCC32)N1C1CC1. The van der Waals surface area contributed by atoms with Crippen LogP contribution in [0.4, 0.5) is 0 Å². The molecular weight excluding hydrogens is 212 g/mol. The molecule has 1 aliphatic carbocycles. The molecule has 0 bridgehead atoms. The molecule has 4 nitrogen and oxygen atoms in total. The zero-order chi connectivity index (χ0) is 11.5. The van der Waals surface area contributed by atoms with E-state index >= 15 is 0 Å². The van der Waals surface area contributed by atoms with Crippen LogP contribution in [0, 0.1) is 0 Å². The van der Waals surface area contributed by atoms with Gasteiger partial charge >= 0.3 is 0 Å². The molecule has 0 aromatic carbocycles. The summed E-state index contributed by atoms with van der Waals surface area (Å²) in [5.41, 5.74) is 6.44. The summed E-state index contributed by atoms with van der Waals surface area (Å²) in [6.07, 6.45) is 8.05. The van der Waals surface area contributed by atoms with E-state index in [1.165, 1.54) is 51.6 Å². The minimum absolute atomic E-state index is 0.283. The third-order valence-corrected chi connectivity index (χ3v) is 5.22. The van der Waals surface area contributed by atoms with Crippen molar-refractivity contribution in [3.63, 3.8) is 0 Å². The van der Waals surface area contributed by atoms with Crippen LogP contribution in [0.5, 0.6) is 0 Å². The molecule has 0 amide bonds. The maximum absolute atomic E-state index is 6.15. The van der Waals surface area contributed by atoms with Crippen molar-refractivity contribution in [2.45, 2.75) is 56.1 Å². The summed E-state index contributed by atoms with van der Waals surface area (Å²) in [5.74, 6) is 0.833. The molecular formula is C13H22N4. The monoisotopic (exact) mass is 234 g/mol. The molecule has 2 atom stereocenters. The molecule has 2 unspecified atom stereocenters. The van der Waals surface area contributed by atoms with E-state index in [-0.39, 0.29) is 5.54 Å². The molecule has 4 rings (SSSR count). The van der Waals surface area contributed by atoms with Crippen LogP contribution >= 0.6 is 0 Å². The van der Waals surface area contributed by atoms with Crippen LogP contribution in [-0.2, 0) is 0 Å². The lowest BCUT2D eigenvalue weighted by Gasteiger charge is -2.44. The lowest BCUT2D eigenvalue weighted by molar-refractivity contribution is 0.0912. The second kappa shape index (κ2) is 3.37. The van der Waals surface area contributed by atoms with Gasteiger partial charge in [0.15, 0.2) is 5.96 Å². The van der Waals surface area contributed by atoms with Gasteiger partial charge in [-0.3, -0.25) is 9.89 Å². The van der Waals surface area contributed by atoms with Crippen LogP contribution in [-0.4, -0.2) is 53.0 Å². The standard InChI is InChI=1S/C13H22N4/c14-12-15-9-13(17(12)10-4-5-10)6-8-16-7-2-1-3-11(13)16/h10-11H,1-9H2,(H2,14,15). The molecule has 2 N–H and O–H groups in total. The number of hydrogen-bond acceptors (Lipinski definition) is 4. The Hall–Kier alpha value is -0.770. The third-order valence-electron chi connectivity index (χ3n) is 5.22. The predicted octanol–water partition coefficient (Wildman–Crippen LogP) is 0.776. The molecule has 3 aliphatic heterocycles. The zero-order valence-electron chi connectivity index (χ0n) is 10.4.